The van der Waals surface area contributed by atoms with Crippen LogP contribution >= 0.6 is 0 Å². The van der Waals surface area contributed by atoms with Crippen LogP contribution in [0.1, 0.15) is 37.0 Å². The van der Waals surface area contributed by atoms with Crippen LogP contribution in [0.4, 0.5) is 10.5 Å². The van der Waals surface area contributed by atoms with E-state index in [0.717, 1.165) is 5.69 Å². The number of ether oxygens (including phenoxy) is 1. The summed E-state index contributed by atoms with van der Waals surface area (Å²) in [4.78, 5) is 35.3. The summed E-state index contributed by atoms with van der Waals surface area (Å²) in [5, 5.41) is 0. The zero-order valence-corrected chi connectivity index (χ0v) is 14.6. The van der Waals surface area contributed by atoms with Crippen molar-refractivity contribution in [2.24, 2.45) is 0 Å². The number of urea groups is 1. The molecule has 1 N–H and O–H groups in total. The third-order valence-electron chi connectivity index (χ3n) is 3.63. The van der Waals surface area contributed by atoms with Crippen LogP contribution in [0.15, 0.2) is 30.6 Å². The quantitative estimate of drug-likeness (QED) is 0.668. The van der Waals surface area contributed by atoms with Crippen molar-refractivity contribution >= 4 is 17.7 Å². The van der Waals surface area contributed by atoms with Crippen molar-refractivity contribution < 1.29 is 19.2 Å². The Kier molecular flexibility index (Phi) is 4.22. The molecular weight excluding hydrogens is 324 g/mol. The number of para-hydroxylation sites is 2. The monoisotopic (exact) mass is 344 g/mol. The molecule has 0 fully saturated rings. The molecule has 1 aromatic carbocycles. The molecule has 132 valence electrons. The summed E-state index contributed by atoms with van der Waals surface area (Å²) >= 11 is 0. The standard InChI is InChI=1S/C17H20N4O4/c1-17(2,3)25-15(22)14-13-9-20(16(23)19-24-4)11-7-5-6-8-12(11)21(13)10-18-14/h5-8,10H,9H2,1-4H3,(H,19,23). The highest BCUT2D eigenvalue weighted by molar-refractivity contribution is 5.96. The molecule has 8 nitrogen and oxygen atoms in total. The number of amides is 2. The number of hydroxylamine groups is 1. The second kappa shape index (κ2) is 6.21. The van der Waals surface area contributed by atoms with Crippen LogP contribution in [0.2, 0.25) is 0 Å². The fraction of sp³-hybridized carbons (Fsp3) is 0.353. The largest absolute Gasteiger partial charge is 0.455 e. The molecule has 0 radical (unpaired) electrons. The van der Waals surface area contributed by atoms with E-state index in [4.69, 9.17) is 9.57 Å². The Balaban J connectivity index is 2.04. The zero-order valence-electron chi connectivity index (χ0n) is 14.6. The van der Waals surface area contributed by atoms with Crippen LogP contribution in [-0.2, 0) is 16.1 Å². The molecule has 25 heavy (non-hydrogen) atoms. The summed E-state index contributed by atoms with van der Waals surface area (Å²) in [6.45, 7) is 5.55. The number of hydrogen-bond donors (Lipinski definition) is 1. The number of nitrogens with one attached hydrogen (secondary N) is 1. The minimum atomic E-state index is -0.632. The smallest absolute Gasteiger partial charge is 0.359 e. The number of hydrogen-bond acceptors (Lipinski definition) is 5. The Labute approximate surface area is 145 Å². The molecule has 0 spiro atoms. The lowest BCUT2D eigenvalue weighted by Crippen LogP contribution is -2.42. The number of carbonyl (C=O) groups is 2. The molecule has 1 aromatic heterocycles. The van der Waals surface area contributed by atoms with Crippen LogP contribution in [-0.4, -0.2) is 34.3 Å². The first-order valence-electron chi connectivity index (χ1n) is 7.81. The van der Waals surface area contributed by atoms with E-state index in [1.807, 2.05) is 24.3 Å². The van der Waals surface area contributed by atoms with Crippen LogP contribution in [0.5, 0.6) is 0 Å². The van der Waals surface area contributed by atoms with E-state index in [9.17, 15) is 9.59 Å². The highest BCUT2D eigenvalue weighted by Crippen LogP contribution is 2.33. The number of rotatable bonds is 2. The topological polar surface area (TPSA) is 85.7 Å². The van der Waals surface area contributed by atoms with Crippen molar-refractivity contribution in [1.29, 1.82) is 0 Å². The van der Waals surface area contributed by atoms with Gasteiger partial charge in [-0.25, -0.2) is 20.1 Å². The molecule has 0 unspecified atom stereocenters. The second-order valence-electron chi connectivity index (χ2n) is 6.60. The van der Waals surface area contributed by atoms with Crippen molar-refractivity contribution in [3.05, 3.63) is 42.0 Å². The van der Waals surface area contributed by atoms with E-state index in [-0.39, 0.29) is 12.2 Å². The van der Waals surface area contributed by atoms with Gasteiger partial charge >= 0.3 is 12.0 Å². The highest BCUT2D eigenvalue weighted by Gasteiger charge is 2.32. The van der Waals surface area contributed by atoms with Gasteiger partial charge in [-0.1, -0.05) is 12.1 Å². The molecule has 0 saturated heterocycles. The third kappa shape index (κ3) is 3.20. The summed E-state index contributed by atoms with van der Waals surface area (Å²) < 4.78 is 7.22. The normalized spacial score (nSPS) is 13.0. The van der Waals surface area contributed by atoms with E-state index in [1.54, 1.807) is 31.7 Å². The molecule has 3 rings (SSSR count). The van der Waals surface area contributed by atoms with Crippen LogP contribution < -0.4 is 10.4 Å². The fourth-order valence-corrected chi connectivity index (χ4v) is 2.68. The van der Waals surface area contributed by atoms with Crippen LogP contribution in [0, 0.1) is 0 Å². The van der Waals surface area contributed by atoms with Gasteiger partial charge in [-0.15, -0.1) is 0 Å². The predicted octanol–water partition coefficient (Wildman–Crippen LogP) is 2.42. The van der Waals surface area contributed by atoms with Crippen molar-refractivity contribution in [3.63, 3.8) is 0 Å². The lowest BCUT2D eigenvalue weighted by molar-refractivity contribution is 0.00619. The van der Waals surface area contributed by atoms with Gasteiger partial charge in [-0.2, -0.15) is 0 Å². The lowest BCUT2D eigenvalue weighted by Gasteiger charge is -2.30. The van der Waals surface area contributed by atoms with Gasteiger partial charge in [-0.05, 0) is 32.9 Å². The Morgan fingerprint density at radius 1 is 1.20 bits per heavy atom. The molecule has 2 heterocycles. The average Bonchev–Trinajstić information content (AvgIpc) is 2.97. The van der Waals surface area contributed by atoms with E-state index < -0.39 is 17.6 Å². The number of benzene rings is 1. The first-order chi connectivity index (χ1) is 11.8. The van der Waals surface area contributed by atoms with E-state index in [1.165, 1.54) is 12.0 Å². The van der Waals surface area contributed by atoms with Gasteiger partial charge in [0.25, 0.3) is 0 Å². The number of anilines is 1. The molecule has 2 aromatic rings. The summed E-state index contributed by atoms with van der Waals surface area (Å²) in [6, 6.07) is 6.93. The maximum Gasteiger partial charge on any atom is 0.359 e. The van der Waals surface area contributed by atoms with E-state index in [0.29, 0.717) is 11.4 Å². The maximum absolute atomic E-state index is 12.5. The van der Waals surface area contributed by atoms with Crippen LogP contribution in [0.25, 0.3) is 5.69 Å². The predicted molar refractivity (Wildman–Crippen MR) is 90.5 cm³/mol. The Hall–Kier alpha value is -2.87. The molecule has 1 aliphatic heterocycles. The summed E-state index contributed by atoms with van der Waals surface area (Å²) in [5.41, 5.74) is 3.89. The number of fused-ring (bicyclic) bond motifs is 3. The third-order valence-corrected chi connectivity index (χ3v) is 3.63. The summed E-state index contributed by atoms with van der Waals surface area (Å²) in [7, 11) is 1.37. The van der Waals surface area contributed by atoms with Gasteiger partial charge in [-0.3, -0.25) is 14.3 Å². The first-order valence-corrected chi connectivity index (χ1v) is 7.81. The number of esters is 1. The molecule has 0 atom stereocenters. The zero-order chi connectivity index (χ0) is 18.2. The molecule has 0 bridgehead atoms. The van der Waals surface area contributed by atoms with Gasteiger partial charge in [0.05, 0.1) is 30.7 Å². The summed E-state index contributed by atoms with van der Waals surface area (Å²) in [5.74, 6) is -0.521. The Morgan fingerprint density at radius 2 is 1.88 bits per heavy atom. The minimum absolute atomic E-state index is 0.167. The molecule has 8 heteroatoms. The lowest BCUT2D eigenvalue weighted by atomic mass is 10.1. The van der Waals surface area contributed by atoms with Gasteiger partial charge in [0.1, 0.15) is 11.9 Å². The number of carbonyl (C=O) groups excluding carboxylic acids is 2. The van der Waals surface area contributed by atoms with Gasteiger partial charge < -0.3 is 4.74 Å². The van der Waals surface area contributed by atoms with Crippen molar-refractivity contribution in [2.45, 2.75) is 32.9 Å². The summed E-state index contributed by atoms with van der Waals surface area (Å²) in [6.07, 6.45) is 1.57. The van der Waals surface area contributed by atoms with Crippen molar-refractivity contribution in [3.8, 4) is 5.69 Å². The van der Waals surface area contributed by atoms with Gasteiger partial charge in [0.15, 0.2) is 5.69 Å². The average molecular weight is 344 g/mol. The molecule has 0 saturated carbocycles. The molecule has 1 aliphatic rings. The number of nitrogens with zero attached hydrogens (tertiary/aromatic N) is 3. The first kappa shape index (κ1) is 17.0. The minimum Gasteiger partial charge on any atom is -0.455 e. The van der Waals surface area contributed by atoms with Crippen LogP contribution in [0.3, 0.4) is 0 Å². The van der Waals surface area contributed by atoms with Gasteiger partial charge in [0, 0.05) is 0 Å². The number of aromatic nitrogens is 2. The Bertz CT molecular complexity index is 822. The highest BCUT2D eigenvalue weighted by atomic mass is 16.6. The fourth-order valence-electron chi connectivity index (χ4n) is 2.68. The molecule has 2 amide bonds. The molecule has 0 aliphatic carbocycles. The maximum atomic E-state index is 12.5. The van der Waals surface area contributed by atoms with Crippen molar-refractivity contribution in [1.82, 2.24) is 15.0 Å². The molecular formula is C17H20N4O4. The SMILES string of the molecule is CONC(=O)N1Cc2c(C(=O)OC(C)(C)C)ncn2-c2ccccc21. The second-order valence-corrected chi connectivity index (χ2v) is 6.60. The number of imidazole rings is 1. The van der Waals surface area contributed by atoms with Crippen molar-refractivity contribution in [2.75, 3.05) is 12.0 Å². The Morgan fingerprint density at radius 3 is 2.52 bits per heavy atom. The van der Waals surface area contributed by atoms with E-state index in [2.05, 4.69) is 10.5 Å². The van der Waals surface area contributed by atoms with Gasteiger partial charge in [0.2, 0.25) is 0 Å². The van der Waals surface area contributed by atoms with E-state index >= 15 is 0 Å².